The second kappa shape index (κ2) is 3.04. The van der Waals surface area contributed by atoms with Crippen LogP contribution in [0.1, 0.15) is 10.5 Å². The summed E-state index contributed by atoms with van der Waals surface area (Å²) in [5, 5.41) is 12.0. The Morgan fingerprint density at radius 2 is 2.33 bits per heavy atom. The number of nitrogens with zero attached hydrogens (tertiary/aromatic N) is 2. The van der Waals surface area contributed by atoms with Crippen molar-refractivity contribution in [3.05, 3.63) is 18.0 Å². The lowest BCUT2D eigenvalue weighted by molar-refractivity contribution is -0.118. The average molecular weight is 169 g/mol. The molecule has 6 nitrogen and oxygen atoms in total. The maximum Gasteiger partial charge on any atom is 0.356 e. The van der Waals surface area contributed by atoms with Gasteiger partial charge in [0.1, 0.15) is 6.54 Å². The van der Waals surface area contributed by atoms with E-state index < -0.39 is 11.9 Å². The topological polar surface area (TPSA) is 98.2 Å². The molecule has 0 spiro atoms. The lowest BCUT2D eigenvalue weighted by Gasteiger charge is -1.93. The number of hydrogen-bond acceptors (Lipinski definition) is 3. The molecule has 6 heteroatoms. The predicted octanol–water partition coefficient (Wildman–Crippen LogP) is -0.933. The van der Waals surface area contributed by atoms with Gasteiger partial charge in [-0.1, -0.05) is 0 Å². The third kappa shape index (κ3) is 1.82. The van der Waals surface area contributed by atoms with Gasteiger partial charge in [0.15, 0.2) is 5.69 Å². The van der Waals surface area contributed by atoms with Crippen molar-refractivity contribution in [1.82, 2.24) is 9.78 Å². The summed E-state index contributed by atoms with van der Waals surface area (Å²) in [6.07, 6.45) is 1.38. The van der Waals surface area contributed by atoms with E-state index in [1.807, 2.05) is 0 Å². The number of carbonyl (C=O) groups is 2. The van der Waals surface area contributed by atoms with E-state index in [1.54, 1.807) is 0 Å². The number of carboxylic acids is 1. The van der Waals surface area contributed by atoms with E-state index >= 15 is 0 Å². The van der Waals surface area contributed by atoms with Gasteiger partial charge in [0.2, 0.25) is 5.91 Å². The van der Waals surface area contributed by atoms with E-state index in [4.69, 9.17) is 10.8 Å². The SMILES string of the molecule is NC(=O)Cn1ccc(C(=O)O)n1. The Kier molecular flexibility index (Phi) is 2.09. The molecule has 1 aromatic rings. The molecule has 0 unspecified atom stereocenters. The Morgan fingerprint density at radius 1 is 1.67 bits per heavy atom. The first-order valence-corrected chi connectivity index (χ1v) is 3.14. The second-order valence-corrected chi connectivity index (χ2v) is 2.17. The molecule has 0 aliphatic rings. The highest BCUT2D eigenvalue weighted by molar-refractivity contribution is 5.85. The number of aromatic nitrogens is 2. The highest BCUT2D eigenvalue weighted by Gasteiger charge is 2.06. The maximum absolute atomic E-state index is 10.4. The van der Waals surface area contributed by atoms with Gasteiger partial charge >= 0.3 is 5.97 Å². The Bertz CT molecular complexity index is 318. The fraction of sp³-hybridized carbons (Fsp3) is 0.167. The molecule has 0 aromatic carbocycles. The smallest absolute Gasteiger partial charge is 0.356 e. The van der Waals surface area contributed by atoms with Crippen LogP contribution in [0.2, 0.25) is 0 Å². The molecule has 0 atom stereocenters. The zero-order chi connectivity index (χ0) is 9.14. The highest BCUT2D eigenvalue weighted by atomic mass is 16.4. The van der Waals surface area contributed by atoms with Crippen molar-refractivity contribution < 1.29 is 14.7 Å². The fourth-order valence-electron chi connectivity index (χ4n) is 0.723. The summed E-state index contributed by atoms with van der Waals surface area (Å²) in [7, 11) is 0. The van der Waals surface area contributed by atoms with Crippen LogP contribution in [0.5, 0.6) is 0 Å². The first kappa shape index (κ1) is 8.25. The molecule has 0 fully saturated rings. The minimum absolute atomic E-state index is 0.101. The molecule has 12 heavy (non-hydrogen) atoms. The van der Waals surface area contributed by atoms with Gasteiger partial charge in [0.05, 0.1) is 0 Å². The van der Waals surface area contributed by atoms with Crippen molar-refractivity contribution in [3.63, 3.8) is 0 Å². The Morgan fingerprint density at radius 3 is 2.75 bits per heavy atom. The van der Waals surface area contributed by atoms with Gasteiger partial charge in [0, 0.05) is 6.20 Å². The molecule has 64 valence electrons. The first-order valence-electron chi connectivity index (χ1n) is 3.14. The van der Waals surface area contributed by atoms with Gasteiger partial charge in [0.25, 0.3) is 0 Å². The van der Waals surface area contributed by atoms with Crippen molar-refractivity contribution in [2.45, 2.75) is 6.54 Å². The molecule has 1 heterocycles. The number of nitrogens with two attached hydrogens (primary N) is 1. The van der Waals surface area contributed by atoms with Crippen LogP contribution in [0, 0.1) is 0 Å². The summed E-state index contributed by atoms with van der Waals surface area (Å²) in [4.78, 5) is 20.7. The average Bonchev–Trinajstić information content (AvgIpc) is 2.34. The minimum Gasteiger partial charge on any atom is -0.476 e. The van der Waals surface area contributed by atoms with Crippen LogP contribution in [-0.2, 0) is 11.3 Å². The van der Waals surface area contributed by atoms with Crippen molar-refractivity contribution in [2.24, 2.45) is 5.73 Å². The van der Waals surface area contributed by atoms with E-state index in [0.29, 0.717) is 0 Å². The van der Waals surface area contributed by atoms with Gasteiger partial charge in [-0.3, -0.25) is 9.48 Å². The number of amides is 1. The molecular weight excluding hydrogens is 162 g/mol. The molecular formula is C6H7N3O3. The number of hydrogen-bond donors (Lipinski definition) is 2. The van der Waals surface area contributed by atoms with Gasteiger partial charge < -0.3 is 10.8 Å². The predicted molar refractivity (Wildman–Crippen MR) is 38.4 cm³/mol. The molecule has 0 saturated heterocycles. The summed E-state index contributed by atoms with van der Waals surface area (Å²) >= 11 is 0. The summed E-state index contributed by atoms with van der Waals surface area (Å²) < 4.78 is 1.17. The van der Waals surface area contributed by atoms with Crippen LogP contribution in [0.4, 0.5) is 0 Å². The zero-order valence-electron chi connectivity index (χ0n) is 6.10. The number of carboxylic acid groups (broad SMARTS) is 1. The molecule has 0 bridgehead atoms. The quantitative estimate of drug-likeness (QED) is 0.610. The standard InChI is InChI=1S/C6H7N3O3/c7-5(10)3-9-2-1-4(8-9)6(11)12/h1-2H,3H2,(H2,7,10)(H,11,12). The molecule has 0 saturated carbocycles. The summed E-state index contributed by atoms with van der Waals surface area (Å²) in [5.74, 6) is -1.69. The normalized spacial score (nSPS) is 9.67. The molecule has 0 radical (unpaired) electrons. The summed E-state index contributed by atoms with van der Waals surface area (Å²) in [6.45, 7) is -0.104. The van der Waals surface area contributed by atoms with Crippen LogP contribution in [0.3, 0.4) is 0 Å². The van der Waals surface area contributed by atoms with Gasteiger partial charge in [-0.25, -0.2) is 4.79 Å². The number of aromatic carboxylic acids is 1. The van der Waals surface area contributed by atoms with Crippen molar-refractivity contribution in [1.29, 1.82) is 0 Å². The van der Waals surface area contributed by atoms with E-state index in [0.717, 1.165) is 0 Å². The fourth-order valence-corrected chi connectivity index (χ4v) is 0.723. The number of rotatable bonds is 3. The molecule has 0 aliphatic carbocycles. The minimum atomic E-state index is -1.13. The molecule has 0 aliphatic heterocycles. The summed E-state index contributed by atoms with van der Waals surface area (Å²) in [6, 6.07) is 1.30. The maximum atomic E-state index is 10.4. The van der Waals surface area contributed by atoms with Crippen molar-refractivity contribution in [3.8, 4) is 0 Å². The van der Waals surface area contributed by atoms with E-state index in [1.165, 1.54) is 16.9 Å². The van der Waals surface area contributed by atoms with Crippen molar-refractivity contribution in [2.75, 3.05) is 0 Å². The van der Waals surface area contributed by atoms with E-state index in [-0.39, 0.29) is 12.2 Å². The zero-order valence-corrected chi connectivity index (χ0v) is 6.10. The van der Waals surface area contributed by atoms with E-state index in [2.05, 4.69) is 5.10 Å². The van der Waals surface area contributed by atoms with Crippen LogP contribution < -0.4 is 5.73 Å². The lowest BCUT2D eigenvalue weighted by Crippen LogP contribution is -2.19. The highest BCUT2D eigenvalue weighted by Crippen LogP contribution is 1.94. The first-order chi connectivity index (χ1) is 5.59. The van der Waals surface area contributed by atoms with Crippen LogP contribution in [0.15, 0.2) is 12.3 Å². The number of carbonyl (C=O) groups excluding carboxylic acids is 1. The van der Waals surface area contributed by atoms with Crippen molar-refractivity contribution >= 4 is 11.9 Å². The Labute approximate surface area is 67.6 Å². The molecule has 3 N–H and O–H groups in total. The second-order valence-electron chi connectivity index (χ2n) is 2.17. The summed E-state index contributed by atoms with van der Waals surface area (Å²) in [5.41, 5.74) is 4.76. The lowest BCUT2D eigenvalue weighted by atomic mass is 10.5. The van der Waals surface area contributed by atoms with Gasteiger partial charge in [-0.2, -0.15) is 5.10 Å². The molecule has 1 rings (SSSR count). The monoisotopic (exact) mass is 169 g/mol. The van der Waals surface area contributed by atoms with Crippen LogP contribution in [-0.4, -0.2) is 26.8 Å². The largest absolute Gasteiger partial charge is 0.476 e. The van der Waals surface area contributed by atoms with E-state index in [9.17, 15) is 9.59 Å². The third-order valence-corrected chi connectivity index (χ3v) is 1.18. The Hall–Kier alpha value is -1.85. The Balaban J connectivity index is 2.77. The van der Waals surface area contributed by atoms with Crippen LogP contribution >= 0.6 is 0 Å². The van der Waals surface area contributed by atoms with Gasteiger partial charge in [-0.15, -0.1) is 0 Å². The number of primary amides is 1. The van der Waals surface area contributed by atoms with Gasteiger partial charge in [-0.05, 0) is 6.07 Å². The van der Waals surface area contributed by atoms with Crippen LogP contribution in [0.25, 0.3) is 0 Å². The molecule has 1 aromatic heterocycles. The molecule has 1 amide bonds. The third-order valence-electron chi connectivity index (χ3n) is 1.18.